The van der Waals surface area contributed by atoms with Crippen molar-refractivity contribution in [2.24, 2.45) is 17.8 Å². The van der Waals surface area contributed by atoms with Crippen molar-refractivity contribution < 1.29 is 13.2 Å². The van der Waals surface area contributed by atoms with Crippen LogP contribution in [0.1, 0.15) is 51.4 Å². The molecule has 5 aliphatic rings. The monoisotopic (exact) mass is 577 g/mol. The van der Waals surface area contributed by atoms with Gasteiger partial charge in [-0.3, -0.25) is 9.36 Å². The Morgan fingerprint density at radius 1 is 0.925 bits per heavy atom. The van der Waals surface area contributed by atoms with Crippen molar-refractivity contribution in [3.05, 3.63) is 54.6 Å². The number of para-hydroxylation sites is 1. The minimum Gasteiger partial charge on any atom is -0.350 e. The van der Waals surface area contributed by atoms with Gasteiger partial charge in [-0.2, -0.15) is 4.31 Å². The molecule has 40 heavy (non-hydrogen) atoms. The lowest BCUT2D eigenvalue weighted by Gasteiger charge is -2.56. The fourth-order valence-electron chi connectivity index (χ4n) is 7.96. The summed E-state index contributed by atoms with van der Waals surface area (Å²) in [5, 5.41) is 13.0. The molecule has 1 aliphatic heterocycles. The SMILES string of the molecule is O=C(CSc1nnc(-c2cccc(S(=O)(=O)N3CCCC3)c2)n1-c1ccccc1)NC12CC3CC(CC(C3)C1)C2. The molecule has 8 rings (SSSR count). The van der Waals surface area contributed by atoms with Crippen LogP contribution in [0.3, 0.4) is 0 Å². The van der Waals surface area contributed by atoms with Crippen molar-refractivity contribution in [2.75, 3.05) is 18.8 Å². The van der Waals surface area contributed by atoms with Crippen molar-refractivity contribution in [3.8, 4) is 17.1 Å². The Hall–Kier alpha value is -2.69. The van der Waals surface area contributed by atoms with Gasteiger partial charge in [-0.25, -0.2) is 8.42 Å². The summed E-state index contributed by atoms with van der Waals surface area (Å²) in [6.45, 7) is 1.11. The van der Waals surface area contributed by atoms with Crippen LogP contribution in [0.5, 0.6) is 0 Å². The fraction of sp³-hybridized carbons (Fsp3) is 0.500. The lowest BCUT2D eigenvalue weighted by molar-refractivity contribution is -0.124. The van der Waals surface area contributed by atoms with Gasteiger partial charge in [0.15, 0.2) is 11.0 Å². The van der Waals surface area contributed by atoms with Crippen LogP contribution < -0.4 is 5.32 Å². The molecule has 1 aromatic heterocycles. The summed E-state index contributed by atoms with van der Waals surface area (Å²) in [6, 6.07) is 16.7. The molecule has 10 heteroatoms. The first kappa shape index (κ1) is 26.2. The highest BCUT2D eigenvalue weighted by Gasteiger charge is 2.51. The molecule has 2 heterocycles. The number of carbonyl (C=O) groups excluding carboxylic acids is 1. The average molecular weight is 578 g/mol. The second-order valence-corrected chi connectivity index (χ2v) is 15.0. The van der Waals surface area contributed by atoms with Crippen molar-refractivity contribution >= 4 is 27.7 Å². The van der Waals surface area contributed by atoms with E-state index in [9.17, 15) is 13.2 Å². The molecule has 1 amide bonds. The maximum absolute atomic E-state index is 13.3. The van der Waals surface area contributed by atoms with Gasteiger partial charge in [0.1, 0.15) is 0 Å². The summed E-state index contributed by atoms with van der Waals surface area (Å²) >= 11 is 1.38. The molecule has 8 nitrogen and oxygen atoms in total. The van der Waals surface area contributed by atoms with E-state index in [-0.39, 0.29) is 22.1 Å². The Morgan fingerprint density at radius 3 is 2.27 bits per heavy atom. The average Bonchev–Trinajstić information content (AvgIpc) is 3.63. The van der Waals surface area contributed by atoms with Crippen LogP contribution in [-0.2, 0) is 14.8 Å². The van der Waals surface area contributed by atoms with E-state index in [2.05, 4.69) is 15.5 Å². The van der Waals surface area contributed by atoms with Crippen LogP contribution in [0.2, 0.25) is 0 Å². The lowest BCUT2D eigenvalue weighted by Crippen LogP contribution is -2.60. The second-order valence-electron chi connectivity index (χ2n) is 12.2. The van der Waals surface area contributed by atoms with E-state index in [4.69, 9.17) is 0 Å². The van der Waals surface area contributed by atoms with Crippen LogP contribution >= 0.6 is 11.8 Å². The molecule has 4 saturated carbocycles. The predicted molar refractivity (Wildman–Crippen MR) is 155 cm³/mol. The highest BCUT2D eigenvalue weighted by Crippen LogP contribution is 2.55. The van der Waals surface area contributed by atoms with E-state index in [1.807, 2.05) is 41.0 Å². The van der Waals surface area contributed by atoms with Crippen molar-refractivity contribution in [2.45, 2.75) is 67.0 Å². The molecule has 5 fully saturated rings. The first-order valence-electron chi connectivity index (χ1n) is 14.4. The van der Waals surface area contributed by atoms with Crippen LogP contribution in [0.4, 0.5) is 0 Å². The normalized spacial score (nSPS) is 27.8. The van der Waals surface area contributed by atoms with Gasteiger partial charge in [-0.1, -0.05) is 42.1 Å². The van der Waals surface area contributed by atoms with Gasteiger partial charge in [0.25, 0.3) is 0 Å². The Bertz CT molecular complexity index is 1480. The Balaban J connectivity index is 1.14. The third-order valence-corrected chi connectivity index (χ3v) is 12.0. The molecule has 4 bridgehead atoms. The Kier molecular flexibility index (Phi) is 6.75. The van der Waals surface area contributed by atoms with Crippen molar-refractivity contribution in [1.82, 2.24) is 24.4 Å². The highest BCUT2D eigenvalue weighted by atomic mass is 32.2. The van der Waals surface area contributed by atoms with Crippen molar-refractivity contribution in [1.29, 1.82) is 0 Å². The number of aromatic nitrogens is 3. The van der Waals surface area contributed by atoms with Gasteiger partial charge in [0.05, 0.1) is 10.6 Å². The molecule has 0 unspecified atom stereocenters. The van der Waals surface area contributed by atoms with Gasteiger partial charge in [-0.15, -0.1) is 10.2 Å². The van der Waals surface area contributed by atoms with E-state index in [1.54, 1.807) is 22.5 Å². The molecule has 2 aromatic carbocycles. The van der Waals surface area contributed by atoms with Gasteiger partial charge >= 0.3 is 0 Å². The minimum atomic E-state index is -3.57. The third kappa shape index (κ3) is 4.88. The first-order chi connectivity index (χ1) is 19.4. The number of benzene rings is 2. The lowest BCUT2D eigenvalue weighted by atomic mass is 9.53. The molecule has 210 valence electrons. The molecular weight excluding hydrogens is 542 g/mol. The quantitative estimate of drug-likeness (QED) is 0.383. The van der Waals surface area contributed by atoms with Crippen LogP contribution in [0.15, 0.2) is 64.6 Å². The summed E-state index contributed by atoms with van der Waals surface area (Å²) in [6.07, 6.45) is 9.16. The number of hydrogen-bond acceptors (Lipinski definition) is 6. The van der Waals surface area contributed by atoms with Gasteiger partial charge in [0.2, 0.25) is 15.9 Å². The standard InChI is InChI=1S/C30H35N5O3S2/c36-27(31-30-17-21-13-22(18-30)15-23(14-21)19-30)20-39-29-33-32-28(35(29)25-8-2-1-3-9-25)24-7-6-10-26(16-24)40(37,38)34-11-4-5-12-34/h1-3,6-10,16,21-23H,4-5,11-15,17-20H2,(H,31,36). The number of thioether (sulfide) groups is 1. The second kappa shape index (κ2) is 10.3. The molecule has 1 N–H and O–H groups in total. The first-order valence-corrected chi connectivity index (χ1v) is 16.9. The molecule has 0 radical (unpaired) electrons. The van der Waals surface area contributed by atoms with E-state index in [1.165, 1.54) is 31.0 Å². The predicted octanol–water partition coefficient (Wildman–Crippen LogP) is 4.90. The maximum atomic E-state index is 13.3. The highest BCUT2D eigenvalue weighted by molar-refractivity contribution is 7.99. The smallest absolute Gasteiger partial charge is 0.243 e. The number of hydrogen-bond donors (Lipinski definition) is 1. The summed E-state index contributed by atoms with van der Waals surface area (Å²) in [5.74, 6) is 3.17. The number of nitrogens with one attached hydrogen (secondary N) is 1. The van der Waals surface area contributed by atoms with E-state index >= 15 is 0 Å². The molecule has 1 saturated heterocycles. The Labute approximate surface area is 240 Å². The summed E-state index contributed by atoms with van der Waals surface area (Å²) in [5.41, 5.74) is 1.51. The largest absolute Gasteiger partial charge is 0.350 e. The third-order valence-electron chi connectivity index (χ3n) is 9.22. The zero-order chi connectivity index (χ0) is 27.3. The molecule has 0 spiro atoms. The van der Waals surface area contributed by atoms with Crippen LogP contribution in [-0.4, -0.2) is 57.8 Å². The van der Waals surface area contributed by atoms with Gasteiger partial charge in [0, 0.05) is 29.9 Å². The summed E-state index contributed by atoms with van der Waals surface area (Å²) in [7, 11) is -3.57. The van der Waals surface area contributed by atoms with Crippen LogP contribution in [0, 0.1) is 17.8 Å². The minimum absolute atomic E-state index is 0.0219. The number of nitrogens with zero attached hydrogens (tertiary/aromatic N) is 4. The number of amides is 1. The summed E-state index contributed by atoms with van der Waals surface area (Å²) in [4.78, 5) is 13.5. The van der Waals surface area contributed by atoms with E-state index in [0.29, 0.717) is 29.6 Å². The zero-order valence-corrected chi connectivity index (χ0v) is 24.2. The Morgan fingerprint density at radius 2 is 1.60 bits per heavy atom. The summed E-state index contributed by atoms with van der Waals surface area (Å²) < 4.78 is 30.0. The zero-order valence-electron chi connectivity index (χ0n) is 22.5. The number of carbonyl (C=O) groups is 1. The molecular formula is C30H35N5O3S2. The topological polar surface area (TPSA) is 97.2 Å². The number of sulfonamides is 1. The fourth-order valence-corrected chi connectivity index (χ4v) is 10.3. The van der Waals surface area contributed by atoms with Crippen molar-refractivity contribution in [3.63, 3.8) is 0 Å². The van der Waals surface area contributed by atoms with Crippen LogP contribution in [0.25, 0.3) is 17.1 Å². The number of rotatable bonds is 8. The molecule has 3 aromatic rings. The molecule has 0 atom stereocenters. The van der Waals surface area contributed by atoms with Gasteiger partial charge < -0.3 is 5.32 Å². The van der Waals surface area contributed by atoms with Gasteiger partial charge in [-0.05, 0) is 93.4 Å². The van der Waals surface area contributed by atoms with E-state index in [0.717, 1.165) is 55.5 Å². The molecule has 4 aliphatic carbocycles. The van der Waals surface area contributed by atoms with E-state index < -0.39 is 10.0 Å². The maximum Gasteiger partial charge on any atom is 0.243 e.